The predicted molar refractivity (Wildman–Crippen MR) is 123 cm³/mol. The number of benzene rings is 2. The smallest absolute Gasteiger partial charge is 0.338 e. The van der Waals surface area contributed by atoms with Gasteiger partial charge in [0.15, 0.2) is 0 Å². The van der Waals surface area contributed by atoms with Crippen LogP contribution < -0.4 is 0 Å². The van der Waals surface area contributed by atoms with E-state index in [1.807, 2.05) is 24.3 Å². The van der Waals surface area contributed by atoms with Crippen LogP contribution in [0.15, 0.2) is 48.5 Å². The lowest BCUT2D eigenvalue weighted by molar-refractivity contribution is 0.0497. The fourth-order valence-electron chi connectivity index (χ4n) is 4.29. The van der Waals surface area contributed by atoms with Crippen LogP contribution in [0.1, 0.15) is 93.0 Å². The van der Waals surface area contributed by atoms with Gasteiger partial charge in [0.05, 0.1) is 18.3 Å². The van der Waals surface area contributed by atoms with Crippen molar-refractivity contribution in [3.8, 4) is 11.1 Å². The van der Waals surface area contributed by atoms with Crippen LogP contribution in [-0.4, -0.2) is 23.8 Å². The molecule has 1 aliphatic rings. The number of rotatable bonds is 10. The van der Waals surface area contributed by atoms with E-state index < -0.39 is 0 Å². The van der Waals surface area contributed by atoms with Gasteiger partial charge in [-0.15, -0.1) is 0 Å². The van der Waals surface area contributed by atoms with Gasteiger partial charge in [0.2, 0.25) is 0 Å². The summed E-state index contributed by atoms with van der Waals surface area (Å²) in [5.41, 5.74) is 4.23. The van der Waals surface area contributed by atoms with Gasteiger partial charge in [0.25, 0.3) is 0 Å². The van der Waals surface area contributed by atoms with Crippen molar-refractivity contribution in [1.82, 2.24) is 0 Å². The van der Waals surface area contributed by atoms with Gasteiger partial charge >= 0.3 is 5.97 Å². The van der Waals surface area contributed by atoms with E-state index in [1.165, 1.54) is 31.2 Å². The molecule has 3 heteroatoms. The van der Waals surface area contributed by atoms with Crippen LogP contribution in [0.25, 0.3) is 11.1 Å². The molecule has 0 unspecified atom stereocenters. The van der Waals surface area contributed by atoms with Crippen molar-refractivity contribution in [1.29, 1.82) is 0 Å². The third kappa shape index (κ3) is 6.70. The average molecular weight is 409 g/mol. The number of aliphatic hydroxyl groups excluding tert-OH is 1. The van der Waals surface area contributed by atoms with Crippen LogP contribution >= 0.6 is 0 Å². The first kappa shape index (κ1) is 22.6. The maximum atomic E-state index is 12.2. The minimum absolute atomic E-state index is 0.114. The van der Waals surface area contributed by atoms with E-state index >= 15 is 0 Å². The number of hydrogen-bond donors (Lipinski definition) is 1. The zero-order valence-corrected chi connectivity index (χ0v) is 18.3. The van der Waals surface area contributed by atoms with Gasteiger partial charge in [-0.2, -0.15) is 0 Å². The largest absolute Gasteiger partial charge is 0.462 e. The highest BCUT2D eigenvalue weighted by Crippen LogP contribution is 2.33. The average Bonchev–Trinajstić information content (AvgIpc) is 2.79. The number of hydrogen-bond acceptors (Lipinski definition) is 3. The Bertz CT molecular complexity index is 756. The highest BCUT2D eigenvalue weighted by Gasteiger charge is 2.20. The Morgan fingerprint density at radius 3 is 2.03 bits per heavy atom. The van der Waals surface area contributed by atoms with E-state index in [1.54, 1.807) is 0 Å². The van der Waals surface area contributed by atoms with E-state index in [4.69, 9.17) is 4.74 Å². The lowest BCUT2D eigenvalue weighted by atomic mass is 9.82. The molecule has 0 aromatic heterocycles. The van der Waals surface area contributed by atoms with Gasteiger partial charge in [-0.3, -0.25) is 0 Å². The Morgan fingerprint density at radius 1 is 0.833 bits per heavy atom. The number of carbonyl (C=O) groups excluding carboxylic acids is 1. The molecule has 162 valence electrons. The molecular weight excluding hydrogens is 372 g/mol. The molecule has 1 N–H and O–H groups in total. The molecule has 30 heavy (non-hydrogen) atoms. The van der Waals surface area contributed by atoms with Gasteiger partial charge in [0.1, 0.15) is 0 Å². The zero-order chi connectivity index (χ0) is 21.2. The number of carbonyl (C=O) groups is 1. The summed E-state index contributed by atoms with van der Waals surface area (Å²) < 4.78 is 5.41. The number of unbranched alkanes of at least 4 members (excludes halogenated alkanes) is 5. The third-order valence-electron chi connectivity index (χ3n) is 6.26. The molecule has 0 radical (unpaired) electrons. The molecule has 0 aliphatic heterocycles. The summed E-state index contributed by atoms with van der Waals surface area (Å²) in [6.07, 6.45) is 10.9. The van der Waals surface area contributed by atoms with E-state index in [0.717, 1.165) is 49.7 Å². The molecule has 0 spiro atoms. The van der Waals surface area contributed by atoms with Crippen LogP contribution in [-0.2, 0) is 4.74 Å². The van der Waals surface area contributed by atoms with E-state index in [9.17, 15) is 9.90 Å². The SMILES string of the molecule is CCCCCCCCOC(=O)c1ccc(-c2ccc(C3CCC(O)CC3)cc2)cc1. The number of esters is 1. The van der Waals surface area contributed by atoms with Gasteiger partial charge < -0.3 is 9.84 Å². The molecule has 0 heterocycles. The topological polar surface area (TPSA) is 46.5 Å². The first-order valence-electron chi connectivity index (χ1n) is 11.7. The summed E-state index contributed by atoms with van der Waals surface area (Å²) in [7, 11) is 0. The van der Waals surface area contributed by atoms with Crippen molar-refractivity contribution >= 4 is 5.97 Å². The molecular formula is C27H36O3. The summed E-state index contributed by atoms with van der Waals surface area (Å²) in [6.45, 7) is 2.72. The van der Waals surface area contributed by atoms with Gasteiger partial charge in [-0.1, -0.05) is 75.4 Å². The molecule has 0 saturated heterocycles. The third-order valence-corrected chi connectivity index (χ3v) is 6.26. The van der Waals surface area contributed by atoms with E-state index in [2.05, 4.69) is 31.2 Å². The molecule has 2 aromatic rings. The van der Waals surface area contributed by atoms with Gasteiger partial charge in [-0.05, 0) is 66.8 Å². The quantitative estimate of drug-likeness (QED) is 0.344. The normalized spacial score (nSPS) is 18.9. The van der Waals surface area contributed by atoms with E-state index in [-0.39, 0.29) is 12.1 Å². The van der Waals surface area contributed by atoms with E-state index in [0.29, 0.717) is 18.1 Å². The Labute approximate surface area is 181 Å². The summed E-state index contributed by atoms with van der Waals surface area (Å²) in [5.74, 6) is 0.330. The van der Waals surface area contributed by atoms with Crippen LogP contribution in [0.2, 0.25) is 0 Å². The molecule has 3 rings (SSSR count). The van der Waals surface area contributed by atoms with Crippen LogP contribution in [0.5, 0.6) is 0 Å². The summed E-state index contributed by atoms with van der Waals surface area (Å²) >= 11 is 0. The van der Waals surface area contributed by atoms with Crippen molar-refractivity contribution in [3.63, 3.8) is 0 Å². The molecule has 2 aromatic carbocycles. The van der Waals surface area contributed by atoms with Crippen molar-refractivity contribution in [2.45, 2.75) is 83.2 Å². The molecule has 1 saturated carbocycles. The zero-order valence-electron chi connectivity index (χ0n) is 18.3. The Kier molecular flexibility index (Phi) is 8.95. The molecule has 1 aliphatic carbocycles. The standard InChI is InChI=1S/C27H36O3/c1-2-3-4-5-6-7-20-30-27(29)25-14-12-23(13-15-25)21-8-10-22(11-9-21)24-16-18-26(28)19-17-24/h8-15,24,26,28H,2-7,16-20H2,1H3. The van der Waals surface area contributed by atoms with Gasteiger partial charge in [-0.25, -0.2) is 4.79 Å². The van der Waals surface area contributed by atoms with Gasteiger partial charge in [0, 0.05) is 0 Å². The minimum atomic E-state index is -0.232. The maximum absolute atomic E-state index is 12.2. The number of ether oxygens (including phenoxy) is 1. The molecule has 0 amide bonds. The second kappa shape index (κ2) is 11.9. The van der Waals surface area contributed by atoms with Crippen molar-refractivity contribution in [2.75, 3.05) is 6.61 Å². The van der Waals surface area contributed by atoms with Crippen LogP contribution in [0, 0.1) is 0 Å². The molecule has 0 atom stereocenters. The lowest BCUT2D eigenvalue weighted by Crippen LogP contribution is -2.16. The second-order valence-electron chi connectivity index (χ2n) is 8.61. The maximum Gasteiger partial charge on any atom is 0.338 e. The molecule has 1 fully saturated rings. The first-order chi connectivity index (χ1) is 14.7. The second-order valence-corrected chi connectivity index (χ2v) is 8.61. The Balaban J connectivity index is 1.47. The summed E-state index contributed by atoms with van der Waals surface area (Å²) in [4.78, 5) is 12.2. The molecule has 0 bridgehead atoms. The highest BCUT2D eigenvalue weighted by atomic mass is 16.5. The summed E-state index contributed by atoms with van der Waals surface area (Å²) in [5, 5.41) is 9.70. The van der Waals surface area contributed by atoms with Crippen LogP contribution in [0.4, 0.5) is 0 Å². The monoisotopic (exact) mass is 408 g/mol. The van der Waals surface area contributed by atoms with Crippen LogP contribution in [0.3, 0.4) is 0 Å². The fourth-order valence-corrected chi connectivity index (χ4v) is 4.29. The number of aliphatic hydroxyl groups is 1. The predicted octanol–water partition coefficient (Wildman–Crippen LogP) is 6.89. The minimum Gasteiger partial charge on any atom is -0.462 e. The molecule has 3 nitrogen and oxygen atoms in total. The first-order valence-corrected chi connectivity index (χ1v) is 11.7. The Morgan fingerprint density at radius 2 is 1.40 bits per heavy atom. The summed E-state index contributed by atoms with van der Waals surface area (Å²) in [6, 6.07) is 16.4. The van der Waals surface area contributed by atoms with Crippen molar-refractivity contribution < 1.29 is 14.6 Å². The van der Waals surface area contributed by atoms with Crippen molar-refractivity contribution in [2.24, 2.45) is 0 Å². The fraction of sp³-hybridized carbons (Fsp3) is 0.519. The van der Waals surface area contributed by atoms with Crippen molar-refractivity contribution in [3.05, 3.63) is 59.7 Å². The highest BCUT2D eigenvalue weighted by molar-refractivity contribution is 5.90. The Hall–Kier alpha value is -2.13. The lowest BCUT2D eigenvalue weighted by Gasteiger charge is -2.25.